The quantitative estimate of drug-likeness (QED) is 0.368. The van der Waals surface area contributed by atoms with Crippen LogP contribution >= 0.6 is 0 Å². The molecule has 12 heavy (non-hydrogen) atoms. The van der Waals surface area contributed by atoms with Crippen LogP contribution in [0.3, 0.4) is 0 Å². The van der Waals surface area contributed by atoms with Crippen molar-refractivity contribution < 1.29 is 9.90 Å². The van der Waals surface area contributed by atoms with E-state index in [1.54, 1.807) is 0 Å². The summed E-state index contributed by atoms with van der Waals surface area (Å²) in [5, 5.41) is 7.19. The van der Waals surface area contributed by atoms with Crippen LogP contribution in [0.2, 0.25) is 0 Å². The molecule has 0 aliphatic carbocycles. The van der Waals surface area contributed by atoms with E-state index in [4.69, 9.17) is 21.4 Å². The lowest BCUT2D eigenvalue weighted by Gasteiger charge is -2.01. The van der Waals surface area contributed by atoms with Crippen LogP contribution in [0.25, 0.3) is 0 Å². The van der Waals surface area contributed by atoms with Crippen molar-refractivity contribution in [3.63, 3.8) is 0 Å². The molecule has 0 spiro atoms. The molecule has 0 atom stereocenters. The van der Waals surface area contributed by atoms with Crippen LogP contribution in [0.5, 0.6) is 0 Å². The molecule has 74 valence electrons. The molecule has 0 aliphatic heterocycles. The van der Waals surface area contributed by atoms with E-state index in [-0.39, 0.29) is 6.17 Å². The SMILES string of the molecule is CCCCCC(N)N.NC(=O)O. The van der Waals surface area contributed by atoms with Crippen LogP contribution in [-0.4, -0.2) is 17.4 Å². The van der Waals surface area contributed by atoms with Crippen molar-refractivity contribution in [1.29, 1.82) is 0 Å². The highest BCUT2D eigenvalue weighted by molar-refractivity contribution is 5.61. The second-order valence-electron chi connectivity index (χ2n) is 2.50. The topological polar surface area (TPSA) is 115 Å². The number of amides is 1. The largest absolute Gasteiger partial charge is 0.465 e. The Morgan fingerprint density at radius 3 is 2.08 bits per heavy atom. The van der Waals surface area contributed by atoms with Gasteiger partial charge in [-0.1, -0.05) is 26.2 Å². The fraction of sp³-hybridized carbons (Fsp3) is 0.857. The lowest BCUT2D eigenvalue weighted by atomic mass is 10.2. The zero-order chi connectivity index (χ0) is 9.98. The van der Waals surface area contributed by atoms with E-state index in [9.17, 15) is 0 Å². The van der Waals surface area contributed by atoms with Crippen LogP contribution in [0.15, 0.2) is 0 Å². The summed E-state index contributed by atoms with van der Waals surface area (Å²) < 4.78 is 0. The first-order valence-corrected chi connectivity index (χ1v) is 4.00. The maximum atomic E-state index is 8.78. The van der Waals surface area contributed by atoms with Gasteiger partial charge in [0.05, 0.1) is 6.17 Å². The minimum Gasteiger partial charge on any atom is -0.465 e. The van der Waals surface area contributed by atoms with Crippen molar-refractivity contribution >= 4 is 6.09 Å². The maximum absolute atomic E-state index is 8.78. The molecule has 5 heteroatoms. The van der Waals surface area contributed by atoms with E-state index in [2.05, 4.69) is 12.7 Å². The van der Waals surface area contributed by atoms with E-state index in [0.717, 1.165) is 6.42 Å². The van der Waals surface area contributed by atoms with Gasteiger partial charge in [-0.3, -0.25) is 0 Å². The summed E-state index contributed by atoms with van der Waals surface area (Å²) in [5.74, 6) is 0. The summed E-state index contributed by atoms with van der Waals surface area (Å²) in [6.07, 6.45) is 3.21. The summed E-state index contributed by atoms with van der Waals surface area (Å²) in [4.78, 5) is 8.78. The predicted molar refractivity (Wildman–Crippen MR) is 48.5 cm³/mol. The zero-order valence-corrected chi connectivity index (χ0v) is 7.49. The second kappa shape index (κ2) is 10.2. The van der Waals surface area contributed by atoms with Crippen molar-refractivity contribution in [3.8, 4) is 0 Å². The van der Waals surface area contributed by atoms with Gasteiger partial charge in [0, 0.05) is 0 Å². The first-order chi connectivity index (χ1) is 5.50. The molecule has 1 amide bonds. The van der Waals surface area contributed by atoms with Crippen molar-refractivity contribution in [2.45, 2.75) is 38.8 Å². The van der Waals surface area contributed by atoms with E-state index in [1.807, 2.05) is 0 Å². The lowest BCUT2D eigenvalue weighted by molar-refractivity contribution is 0.205. The number of hydrogen-bond donors (Lipinski definition) is 4. The number of hydrogen-bond acceptors (Lipinski definition) is 3. The molecule has 5 nitrogen and oxygen atoms in total. The first-order valence-electron chi connectivity index (χ1n) is 4.00. The molecular weight excluding hydrogens is 158 g/mol. The molecule has 0 aliphatic rings. The van der Waals surface area contributed by atoms with Crippen molar-refractivity contribution in [3.05, 3.63) is 0 Å². The van der Waals surface area contributed by atoms with Gasteiger partial charge >= 0.3 is 6.09 Å². The number of primary amides is 1. The summed E-state index contributed by atoms with van der Waals surface area (Å²) in [6.45, 7) is 2.17. The summed E-state index contributed by atoms with van der Waals surface area (Å²) in [5.41, 5.74) is 14.6. The number of carboxylic acid groups (broad SMARTS) is 1. The normalized spacial score (nSPS) is 9.00. The Morgan fingerprint density at radius 1 is 1.42 bits per heavy atom. The lowest BCUT2D eigenvalue weighted by Crippen LogP contribution is -2.29. The molecule has 0 aromatic carbocycles. The van der Waals surface area contributed by atoms with Gasteiger partial charge in [-0.2, -0.15) is 0 Å². The number of unbranched alkanes of at least 4 members (excludes halogenated alkanes) is 2. The third-order valence-electron chi connectivity index (χ3n) is 1.14. The number of rotatable bonds is 4. The second-order valence-corrected chi connectivity index (χ2v) is 2.50. The minimum absolute atomic E-state index is 0.0958. The maximum Gasteiger partial charge on any atom is 0.402 e. The highest BCUT2D eigenvalue weighted by Crippen LogP contribution is 1.97. The average Bonchev–Trinajstić information content (AvgIpc) is 1.86. The minimum atomic E-state index is -1.33. The Labute approximate surface area is 72.9 Å². The van der Waals surface area contributed by atoms with Gasteiger partial charge in [0.25, 0.3) is 0 Å². The fourth-order valence-electron chi connectivity index (χ4n) is 0.630. The van der Waals surface area contributed by atoms with E-state index in [0.29, 0.717) is 0 Å². The Morgan fingerprint density at radius 2 is 1.83 bits per heavy atom. The average molecular weight is 177 g/mol. The van der Waals surface area contributed by atoms with Crippen LogP contribution in [-0.2, 0) is 0 Å². The van der Waals surface area contributed by atoms with E-state index >= 15 is 0 Å². The third kappa shape index (κ3) is 35.1. The van der Waals surface area contributed by atoms with Crippen molar-refractivity contribution in [2.24, 2.45) is 17.2 Å². The summed E-state index contributed by atoms with van der Waals surface area (Å²) >= 11 is 0. The van der Waals surface area contributed by atoms with Gasteiger partial charge in [0.2, 0.25) is 0 Å². The molecule has 0 unspecified atom stereocenters. The fourth-order valence-corrected chi connectivity index (χ4v) is 0.630. The molecule has 0 saturated carbocycles. The Balaban J connectivity index is 0. The van der Waals surface area contributed by atoms with Gasteiger partial charge in [0.15, 0.2) is 0 Å². The summed E-state index contributed by atoms with van der Waals surface area (Å²) in [7, 11) is 0. The van der Waals surface area contributed by atoms with Crippen LogP contribution < -0.4 is 17.2 Å². The molecule has 7 N–H and O–H groups in total. The predicted octanol–water partition coefficient (Wildman–Crippen LogP) is 0.433. The molecular formula is C7H19N3O2. The van der Waals surface area contributed by atoms with Gasteiger partial charge in [-0.15, -0.1) is 0 Å². The van der Waals surface area contributed by atoms with Gasteiger partial charge in [0.1, 0.15) is 0 Å². The third-order valence-corrected chi connectivity index (χ3v) is 1.14. The highest BCUT2D eigenvalue weighted by atomic mass is 16.4. The van der Waals surface area contributed by atoms with Crippen LogP contribution in [0.4, 0.5) is 4.79 Å². The summed E-state index contributed by atoms with van der Waals surface area (Å²) in [6, 6.07) is 0. The number of carbonyl (C=O) groups is 1. The molecule has 0 bridgehead atoms. The Bertz CT molecular complexity index is 103. The van der Waals surface area contributed by atoms with Gasteiger partial charge in [-0.05, 0) is 6.42 Å². The molecule has 0 fully saturated rings. The van der Waals surface area contributed by atoms with Crippen LogP contribution in [0.1, 0.15) is 32.6 Å². The van der Waals surface area contributed by atoms with Crippen molar-refractivity contribution in [1.82, 2.24) is 0 Å². The standard InChI is InChI=1S/C6H16N2.CH3NO2/c1-2-3-4-5-6(7)8;2-1(3)4/h6H,2-5,7-8H2,1H3;2H2,(H,3,4). The molecule has 0 rings (SSSR count). The Hall–Kier alpha value is -0.810. The molecule has 0 radical (unpaired) electrons. The Kier molecular flexibility index (Phi) is 11.7. The highest BCUT2D eigenvalue weighted by Gasteiger charge is 1.90. The first kappa shape index (κ1) is 13.8. The molecule has 0 aromatic heterocycles. The zero-order valence-electron chi connectivity index (χ0n) is 7.49. The molecule has 0 heterocycles. The molecule has 0 aromatic rings. The molecule has 0 saturated heterocycles. The van der Waals surface area contributed by atoms with Gasteiger partial charge in [-0.25, -0.2) is 4.79 Å². The van der Waals surface area contributed by atoms with Crippen LogP contribution in [0, 0.1) is 0 Å². The van der Waals surface area contributed by atoms with E-state index < -0.39 is 6.09 Å². The number of nitrogens with two attached hydrogens (primary N) is 3. The van der Waals surface area contributed by atoms with Crippen molar-refractivity contribution in [2.75, 3.05) is 0 Å². The van der Waals surface area contributed by atoms with E-state index in [1.165, 1.54) is 19.3 Å². The smallest absolute Gasteiger partial charge is 0.402 e. The monoisotopic (exact) mass is 177 g/mol. The van der Waals surface area contributed by atoms with Gasteiger partial charge < -0.3 is 22.3 Å².